The topological polar surface area (TPSA) is 47.6 Å². The minimum atomic E-state index is -0.739. The van der Waals surface area contributed by atoms with Crippen LogP contribution < -0.4 is 0 Å². The van der Waals surface area contributed by atoms with Crippen molar-refractivity contribution in [2.75, 3.05) is 0 Å². The molecule has 1 aliphatic rings. The zero-order valence-electron chi connectivity index (χ0n) is 13.2. The van der Waals surface area contributed by atoms with Crippen molar-refractivity contribution in [2.45, 2.75) is 38.5 Å². The maximum absolute atomic E-state index is 12.7. The Balaban J connectivity index is 1.72. The van der Waals surface area contributed by atoms with Gasteiger partial charge < -0.3 is 0 Å². The van der Waals surface area contributed by atoms with Crippen molar-refractivity contribution in [3.05, 3.63) is 59.4 Å². The first-order valence-electron chi connectivity index (χ1n) is 8.14. The third-order valence-corrected chi connectivity index (χ3v) is 4.55. The van der Waals surface area contributed by atoms with Crippen molar-refractivity contribution < 1.29 is 4.39 Å². The number of allylic oxidation sites excluding steroid dienone is 4. The number of rotatable bonds is 5. The molecule has 1 saturated carbocycles. The second kappa shape index (κ2) is 8.91. The van der Waals surface area contributed by atoms with Crippen LogP contribution in [0.2, 0.25) is 0 Å². The Hall–Kier alpha value is -2.39. The van der Waals surface area contributed by atoms with Crippen LogP contribution in [0.1, 0.15) is 43.2 Å². The van der Waals surface area contributed by atoms with Crippen LogP contribution >= 0.6 is 0 Å². The Morgan fingerprint density at radius 3 is 2.43 bits per heavy atom. The van der Waals surface area contributed by atoms with E-state index in [-0.39, 0.29) is 0 Å². The molecule has 118 valence electrons. The van der Waals surface area contributed by atoms with Crippen LogP contribution in [0, 0.1) is 34.5 Å². The lowest BCUT2D eigenvalue weighted by atomic mass is 9.79. The van der Waals surface area contributed by atoms with Crippen molar-refractivity contribution in [1.29, 1.82) is 10.5 Å². The summed E-state index contributed by atoms with van der Waals surface area (Å²) in [6.45, 7) is 0. The number of halogens is 1. The minimum Gasteiger partial charge on any atom is -0.195 e. The first-order valence-corrected chi connectivity index (χ1v) is 8.14. The van der Waals surface area contributed by atoms with Gasteiger partial charge in [-0.1, -0.05) is 24.3 Å². The molecule has 0 saturated heterocycles. The molecule has 0 N–H and O–H groups in total. The van der Waals surface area contributed by atoms with Crippen molar-refractivity contribution in [3.63, 3.8) is 0 Å². The second-order valence-electron chi connectivity index (χ2n) is 6.14. The molecule has 0 amide bonds. The van der Waals surface area contributed by atoms with E-state index in [0.717, 1.165) is 25.2 Å². The first kappa shape index (κ1) is 17.0. The van der Waals surface area contributed by atoms with E-state index in [4.69, 9.17) is 10.5 Å². The molecular formula is C20H21FN2. The quantitative estimate of drug-likeness (QED) is 0.552. The van der Waals surface area contributed by atoms with Gasteiger partial charge in [-0.15, -0.1) is 0 Å². The average molecular weight is 308 g/mol. The van der Waals surface area contributed by atoms with Crippen molar-refractivity contribution >= 4 is 0 Å². The van der Waals surface area contributed by atoms with E-state index in [0.29, 0.717) is 11.5 Å². The van der Waals surface area contributed by atoms with Gasteiger partial charge in [-0.05, 0) is 74.1 Å². The van der Waals surface area contributed by atoms with E-state index in [1.165, 1.54) is 37.0 Å². The zero-order valence-corrected chi connectivity index (χ0v) is 13.2. The molecule has 0 aromatic heterocycles. The minimum absolute atomic E-state index is 0.504. The van der Waals surface area contributed by atoms with Crippen molar-refractivity contribution in [3.8, 4) is 12.1 Å². The van der Waals surface area contributed by atoms with Gasteiger partial charge in [0.25, 0.3) is 0 Å². The number of nitrogens with zero attached hydrogens (tertiary/aromatic N) is 2. The average Bonchev–Trinajstić information content (AvgIpc) is 2.61. The third-order valence-electron chi connectivity index (χ3n) is 4.55. The van der Waals surface area contributed by atoms with Crippen LogP contribution in [-0.2, 0) is 6.42 Å². The fourth-order valence-corrected chi connectivity index (χ4v) is 3.12. The summed E-state index contributed by atoms with van der Waals surface area (Å²) in [5, 5.41) is 17.1. The van der Waals surface area contributed by atoms with Gasteiger partial charge in [0.1, 0.15) is 6.07 Å². The normalized spacial score (nSPS) is 21.8. The highest BCUT2D eigenvalue weighted by Gasteiger charge is 2.19. The molecular weight excluding hydrogens is 287 g/mol. The summed E-state index contributed by atoms with van der Waals surface area (Å²) in [6.07, 6.45) is 11.8. The molecule has 1 aromatic carbocycles. The molecule has 0 spiro atoms. The van der Waals surface area contributed by atoms with Crippen LogP contribution in [0.25, 0.3) is 0 Å². The fourth-order valence-electron chi connectivity index (χ4n) is 3.12. The smallest absolute Gasteiger partial charge is 0.195 e. The van der Waals surface area contributed by atoms with Crippen LogP contribution in [0.3, 0.4) is 0 Å². The van der Waals surface area contributed by atoms with E-state index in [1.54, 1.807) is 6.08 Å². The van der Waals surface area contributed by atoms with Gasteiger partial charge in [0.15, 0.2) is 5.83 Å². The maximum atomic E-state index is 12.7. The van der Waals surface area contributed by atoms with Crippen molar-refractivity contribution in [2.24, 2.45) is 11.8 Å². The molecule has 0 radical (unpaired) electrons. The number of benzene rings is 1. The van der Waals surface area contributed by atoms with Crippen molar-refractivity contribution in [1.82, 2.24) is 0 Å². The van der Waals surface area contributed by atoms with Gasteiger partial charge in [-0.2, -0.15) is 14.9 Å². The zero-order chi connectivity index (χ0) is 16.5. The number of hydrogen-bond donors (Lipinski definition) is 0. The lowest BCUT2D eigenvalue weighted by Gasteiger charge is -2.26. The summed E-state index contributed by atoms with van der Waals surface area (Å²) >= 11 is 0. The van der Waals surface area contributed by atoms with Gasteiger partial charge >= 0.3 is 0 Å². The molecule has 0 aliphatic heterocycles. The van der Waals surface area contributed by atoms with Gasteiger partial charge in [0, 0.05) is 0 Å². The Morgan fingerprint density at radius 2 is 1.83 bits per heavy atom. The largest absolute Gasteiger partial charge is 0.199 e. The summed E-state index contributed by atoms with van der Waals surface area (Å²) in [6, 6.07) is 11.5. The number of hydrogen-bond acceptors (Lipinski definition) is 2. The van der Waals surface area contributed by atoms with Gasteiger partial charge in [0.05, 0.1) is 11.6 Å². The third kappa shape index (κ3) is 5.72. The summed E-state index contributed by atoms with van der Waals surface area (Å²) in [5.74, 6) is 0.517. The highest BCUT2D eigenvalue weighted by Crippen LogP contribution is 2.32. The highest BCUT2D eigenvalue weighted by molar-refractivity contribution is 5.31. The first-order chi connectivity index (χ1) is 11.2. The van der Waals surface area contributed by atoms with Crippen LogP contribution in [-0.4, -0.2) is 0 Å². The Morgan fingerprint density at radius 1 is 1.13 bits per heavy atom. The standard InChI is InChI=1S/C20H21FN2/c21-20(15-23)3-1-2-16-4-6-17(7-5-16)8-9-18-10-12-19(14-22)13-11-18/h1-3,10-13,16-17H,4-9H2. The predicted molar refractivity (Wildman–Crippen MR) is 88.9 cm³/mol. The number of aryl methyl sites for hydroxylation is 1. The summed E-state index contributed by atoms with van der Waals surface area (Å²) in [7, 11) is 0. The Labute approximate surface area is 137 Å². The van der Waals surface area contributed by atoms with Gasteiger partial charge in [0.2, 0.25) is 0 Å². The Kier molecular flexibility index (Phi) is 6.57. The SMILES string of the molecule is N#CC(F)=CC=CC1CCC(CCc2ccc(C#N)cc2)CC1. The maximum Gasteiger partial charge on any atom is 0.199 e. The Bertz CT molecular complexity index is 636. The predicted octanol–water partition coefficient (Wildman–Crippen LogP) is 5.23. The summed E-state index contributed by atoms with van der Waals surface area (Å²) in [4.78, 5) is 0. The van der Waals surface area contributed by atoms with E-state index >= 15 is 0 Å². The highest BCUT2D eigenvalue weighted by atomic mass is 19.1. The molecule has 2 nitrogen and oxygen atoms in total. The molecule has 0 heterocycles. The molecule has 3 heteroatoms. The van der Waals surface area contributed by atoms with Crippen LogP contribution in [0.4, 0.5) is 4.39 Å². The molecule has 23 heavy (non-hydrogen) atoms. The second-order valence-corrected chi connectivity index (χ2v) is 6.14. The molecule has 1 fully saturated rings. The monoisotopic (exact) mass is 308 g/mol. The molecule has 0 atom stereocenters. The molecule has 0 bridgehead atoms. The number of nitriles is 2. The van der Waals surface area contributed by atoms with Gasteiger partial charge in [-0.25, -0.2) is 0 Å². The van der Waals surface area contributed by atoms with Crippen LogP contribution in [0.5, 0.6) is 0 Å². The van der Waals surface area contributed by atoms with E-state index in [9.17, 15) is 4.39 Å². The molecule has 0 unspecified atom stereocenters. The van der Waals surface area contributed by atoms with E-state index in [1.807, 2.05) is 30.3 Å². The lowest BCUT2D eigenvalue weighted by Crippen LogP contribution is -2.13. The van der Waals surface area contributed by atoms with Gasteiger partial charge in [-0.3, -0.25) is 0 Å². The summed E-state index contributed by atoms with van der Waals surface area (Å²) < 4.78 is 12.7. The van der Waals surface area contributed by atoms with E-state index in [2.05, 4.69) is 6.07 Å². The van der Waals surface area contributed by atoms with E-state index < -0.39 is 5.83 Å². The fraction of sp³-hybridized carbons (Fsp3) is 0.400. The lowest BCUT2D eigenvalue weighted by molar-refractivity contribution is 0.296. The summed E-state index contributed by atoms with van der Waals surface area (Å²) in [5.41, 5.74) is 2.01. The molecule has 1 aromatic rings. The molecule has 1 aliphatic carbocycles. The molecule has 2 rings (SSSR count). The van der Waals surface area contributed by atoms with Crippen LogP contribution in [0.15, 0.2) is 48.3 Å².